The van der Waals surface area contributed by atoms with Crippen LogP contribution in [0, 0.1) is 5.92 Å². The number of nitrogens with zero attached hydrogens (tertiary/aromatic N) is 1. The number of benzene rings is 2. The molecule has 2 aliphatic rings. The van der Waals surface area contributed by atoms with E-state index in [2.05, 4.69) is 12.2 Å². The number of phenolic OH excluding ortho intramolecular Hbond substituents is 1. The number of phenols is 1. The Kier molecular flexibility index (Phi) is 7.21. The molecule has 0 aromatic heterocycles. The van der Waals surface area contributed by atoms with Crippen LogP contribution in [0.15, 0.2) is 47.4 Å². The van der Waals surface area contributed by atoms with Gasteiger partial charge in [-0.1, -0.05) is 61.3 Å². The summed E-state index contributed by atoms with van der Waals surface area (Å²) in [6.45, 7) is 4.50. The molecule has 0 spiro atoms. The summed E-state index contributed by atoms with van der Waals surface area (Å²) in [5.41, 5.74) is 1.53. The van der Waals surface area contributed by atoms with Crippen molar-refractivity contribution in [1.82, 2.24) is 4.90 Å². The van der Waals surface area contributed by atoms with Gasteiger partial charge in [0.2, 0.25) is 0 Å². The van der Waals surface area contributed by atoms with Gasteiger partial charge in [0.1, 0.15) is 0 Å². The van der Waals surface area contributed by atoms with Crippen LogP contribution in [0.25, 0.3) is 6.08 Å². The van der Waals surface area contributed by atoms with Crippen molar-refractivity contribution in [1.29, 1.82) is 0 Å². The Morgan fingerprint density at radius 2 is 2.00 bits per heavy atom. The van der Waals surface area contributed by atoms with E-state index in [1.54, 1.807) is 12.1 Å². The number of ether oxygens (including phenoxy) is 1. The Labute approximate surface area is 198 Å². The molecule has 0 radical (unpaired) electrons. The highest BCUT2D eigenvalue weighted by Crippen LogP contribution is 2.43. The molecule has 2 aromatic carbocycles. The van der Waals surface area contributed by atoms with E-state index >= 15 is 0 Å². The summed E-state index contributed by atoms with van der Waals surface area (Å²) in [6, 6.07) is 13.6. The van der Waals surface area contributed by atoms with Gasteiger partial charge in [0.05, 0.1) is 16.5 Å². The number of thioether (sulfide) groups is 1. The molecule has 1 saturated heterocycles. The van der Waals surface area contributed by atoms with Crippen LogP contribution in [-0.4, -0.2) is 34.1 Å². The third-order valence-corrected chi connectivity index (χ3v) is 7.48. The van der Waals surface area contributed by atoms with Crippen molar-refractivity contribution in [2.75, 3.05) is 11.9 Å². The molecule has 2 fully saturated rings. The first kappa shape index (κ1) is 22.9. The number of carbonyl (C=O) groups is 1. The average molecular weight is 473 g/mol. The van der Waals surface area contributed by atoms with Crippen molar-refractivity contribution in [2.24, 2.45) is 5.92 Å². The van der Waals surface area contributed by atoms with Crippen LogP contribution in [0.1, 0.15) is 45.1 Å². The zero-order chi connectivity index (χ0) is 22.7. The van der Waals surface area contributed by atoms with Gasteiger partial charge < -0.3 is 20.1 Å². The summed E-state index contributed by atoms with van der Waals surface area (Å²) in [6.07, 6.45) is 6.37. The van der Waals surface area contributed by atoms with Crippen molar-refractivity contribution in [3.63, 3.8) is 0 Å². The second kappa shape index (κ2) is 10.1. The van der Waals surface area contributed by atoms with Crippen LogP contribution < -0.4 is 10.1 Å². The van der Waals surface area contributed by atoms with E-state index in [1.165, 1.54) is 18.2 Å². The number of hydrogen-bond donors (Lipinski definition) is 2. The number of nitrogens with one attached hydrogen (secondary N) is 1. The molecule has 2 aromatic rings. The Bertz CT molecular complexity index is 998. The van der Waals surface area contributed by atoms with Gasteiger partial charge in [0.15, 0.2) is 17.0 Å². The number of halogens is 1. The highest BCUT2D eigenvalue weighted by molar-refractivity contribution is 8.05. The smallest absolute Gasteiger partial charge is 0.262 e. The highest BCUT2D eigenvalue weighted by atomic mass is 35.5. The Balaban J connectivity index is 1.67. The third-order valence-electron chi connectivity index (χ3n) is 6.07. The van der Waals surface area contributed by atoms with E-state index in [0.717, 1.165) is 30.5 Å². The van der Waals surface area contributed by atoms with Gasteiger partial charge in [-0.25, -0.2) is 0 Å². The maximum absolute atomic E-state index is 13.6. The minimum Gasteiger partial charge on any atom is -0.503 e. The minimum absolute atomic E-state index is 0.0318. The van der Waals surface area contributed by atoms with Gasteiger partial charge in [0, 0.05) is 11.7 Å². The van der Waals surface area contributed by atoms with Crippen molar-refractivity contribution in [2.45, 2.75) is 51.1 Å². The molecule has 1 heterocycles. The summed E-state index contributed by atoms with van der Waals surface area (Å²) >= 11 is 7.73. The lowest BCUT2D eigenvalue weighted by Crippen LogP contribution is -2.48. The Morgan fingerprint density at radius 3 is 2.72 bits per heavy atom. The maximum atomic E-state index is 13.6. The average Bonchev–Trinajstić information content (AvgIpc) is 3.07. The fraction of sp³-hybridized carbons (Fsp3) is 0.400. The van der Waals surface area contributed by atoms with E-state index in [4.69, 9.17) is 16.3 Å². The van der Waals surface area contributed by atoms with E-state index < -0.39 is 0 Å². The predicted molar refractivity (Wildman–Crippen MR) is 132 cm³/mol. The van der Waals surface area contributed by atoms with Crippen molar-refractivity contribution < 1.29 is 14.6 Å². The summed E-state index contributed by atoms with van der Waals surface area (Å²) < 4.78 is 5.50. The number of amides is 1. The maximum Gasteiger partial charge on any atom is 0.262 e. The third kappa shape index (κ3) is 4.86. The highest BCUT2D eigenvalue weighted by Gasteiger charge is 2.42. The molecule has 1 saturated carbocycles. The molecular formula is C25H29ClN2O3S. The largest absolute Gasteiger partial charge is 0.503 e. The minimum atomic E-state index is -0.180. The zero-order valence-electron chi connectivity index (χ0n) is 18.4. The molecule has 0 bridgehead atoms. The molecule has 1 aliphatic heterocycles. The lowest BCUT2D eigenvalue weighted by molar-refractivity contribution is -0.129. The van der Waals surface area contributed by atoms with Gasteiger partial charge >= 0.3 is 0 Å². The van der Waals surface area contributed by atoms with E-state index in [0.29, 0.717) is 23.2 Å². The standard InChI is InChI=1S/C25H29ClN2O3S/c1-3-31-21-14-17(13-19(26)23(21)29)15-22-24(30)28(20-12-8-7-9-16(20)2)25(32-22)27-18-10-5-4-6-11-18/h4-6,10-11,13-16,20,25,27,29H,3,7-9,12H2,1-2H3/b22-15-/t16-,20+,25?/m0/s1. The van der Waals surface area contributed by atoms with Gasteiger partial charge in [-0.2, -0.15) is 0 Å². The van der Waals surface area contributed by atoms with Crippen LogP contribution in [0.2, 0.25) is 5.02 Å². The lowest BCUT2D eigenvalue weighted by atomic mass is 9.85. The quantitative estimate of drug-likeness (QED) is 0.480. The molecule has 7 heteroatoms. The van der Waals surface area contributed by atoms with Crippen LogP contribution in [0.3, 0.4) is 0 Å². The Hall–Kier alpha value is -2.31. The molecule has 1 unspecified atom stereocenters. The van der Waals surface area contributed by atoms with Gasteiger partial charge in [-0.3, -0.25) is 4.79 Å². The summed E-state index contributed by atoms with van der Waals surface area (Å²) in [5, 5.41) is 13.9. The van der Waals surface area contributed by atoms with Gasteiger partial charge in [-0.05, 0) is 61.6 Å². The van der Waals surface area contributed by atoms with Crippen LogP contribution in [0.5, 0.6) is 11.5 Å². The topological polar surface area (TPSA) is 61.8 Å². The van der Waals surface area contributed by atoms with Crippen molar-refractivity contribution in [3.05, 3.63) is 58.0 Å². The molecule has 1 aliphatic carbocycles. The van der Waals surface area contributed by atoms with Gasteiger partial charge in [0.25, 0.3) is 5.91 Å². The molecule has 3 atom stereocenters. The fourth-order valence-electron chi connectivity index (χ4n) is 4.46. The number of hydrogen-bond acceptors (Lipinski definition) is 5. The number of aromatic hydroxyl groups is 1. The molecule has 32 heavy (non-hydrogen) atoms. The normalized spacial score (nSPS) is 24.7. The molecule has 4 rings (SSSR count). The first-order valence-electron chi connectivity index (χ1n) is 11.2. The summed E-state index contributed by atoms with van der Waals surface area (Å²) in [4.78, 5) is 16.3. The second-order valence-corrected chi connectivity index (χ2v) is 9.84. The number of carbonyl (C=O) groups excluding carboxylic acids is 1. The van der Waals surface area contributed by atoms with E-state index in [9.17, 15) is 9.90 Å². The first-order valence-corrected chi connectivity index (χ1v) is 12.4. The Morgan fingerprint density at radius 1 is 1.25 bits per heavy atom. The van der Waals surface area contributed by atoms with Crippen LogP contribution in [0.4, 0.5) is 5.69 Å². The monoisotopic (exact) mass is 472 g/mol. The number of anilines is 1. The van der Waals surface area contributed by atoms with Crippen molar-refractivity contribution in [3.8, 4) is 11.5 Å². The van der Waals surface area contributed by atoms with Crippen LogP contribution in [-0.2, 0) is 4.79 Å². The van der Waals surface area contributed by atoms with Crippen LogP contribution >= 0.6 is 23.4 Å². The second-order valence-electron chi connectivity index (χ2n) is 8.31. The number of rotatable bonds is 6. The predicted octanol–water partition coefficient (Wildman–Crippen LogP) is 6.34. The molecule has 5 nitrogen and oxygen atoms in total. The van der Waals surface area contributed by atoms with Crippen molar-refractivity contribution >= 4 is 41.0 Å². The number of para-hydroxylation sites is 1. The lowest BCUT2D eigenvalue weighted by Gasteiger charge is -2.39. The molecule has 170 valence electrons. The summed E-state index contributed by atoms with van der Waals surface area (Å²) in [7, 11) is 0. The molecular weight excluding hydrogens is 444 g/mol. The van der Waals surface area contributed by atoms with Gasteiger partial charge in [-0.15, -0.1) is 0 Å². The zero-order valence-corrected chi connectivity index (χ0v) is 20.0. The SMILES string of the molecule is CCOc1cc(/C=C2\SC(Nc3ccccc3)N([C@@H]3CCCC[C@@H]3C)C2=O)cc(Cl)c1O. The van der Waals surface area contributed by atoms with E-state index in [1.807, 2.05) is 48.2 Å². The van der Waals surface area contributed by atoms with E-state index in [-0.39, 0.29) is 28.2 Å². The molecule has 1 amide bonds. The molecule has 2 N–H and O–H groups in total. The first-order chi connectivity index (χ1) is 15.5. The summed E-state index contributed by atoms with van der Waals surface area (Å²) in [5.74, 6) is 0.728. The fourth-order valence-corrected chi connectivity index (χ4v) is 5.89.